The quantitative estimate of drug-likeness (QED) is 0.318. The Morgan fingerprint density at radius 3 is 2.29 bits per heavy atom. The van der Waals surface area contributed by atoms with Gasteiger partial charge < -0.3 is 39.9 Å². The fourth-order valence-electron chi connectivity index (χ4n) is 3.58. The van der Waals surface area contributed by atoms with E-state index in [-0.39, 0.29) is 12.5 Å². The van der Waals surface area contributed by atoms with Crippen LogP contribution >= 0.6 is 0 Å². The second-order valence-electron chi connectivity index (χ2n) is 7.68. The Balaban J connectivity index is 1.95. The Hall–Kier alpha value is -2.24. The molecule has 0 saturated carbocycles. The summed E-state index contributed by atoms with van der Waals surface area (Å²) in [4.78, 5) is 24.1. The number of hydrogen-bond acceptors (Lipinski definition) is 8. The van der Waals surface area contributed by atoms with Crippen molar-refractivity contribution in [2.24, 2.45) is 0 Å². The van der Waals surface area contributed by atoms with Gasteiger partial charge in [0.2, 0.25) is 6.29 Å². The number of ether oxygens (including phenoxy) is 2. The van der Waals surface area contributed by atoms with E-state index < -0.39 is 42.6 Å². The maximum absolute atomic E-state index is 11.2. The first-order valence-electron chi connectivity index (χ1n) is 10.3. The molecule has 0 aliphatic carbocycles. The van der Waals surface area contributed by atoms with E-state index in [0.717, 1.165) is 18.5 Å². The van der Waals surface area contributed by atoms with Crippen LogP contribution in [0.3, 0.4) is 0 Å². The summed E-state index contributed by atoms with van der Waals surface area (Å²) in [5.41, 5.74) is 1.01. The van der Waals surface area contributed by atoms with Crippen molar-refractivity contribution in [1.82, 2.24) is 4.90 Å². The van der Waals surface area contributed by atoms with E-state index in [9.17, 15) is 24.9 Å². The van der Waals surface area contributed by atoms with Gasteiger partial charge in [0.05, 0.1) is 0 Å². The summed E-state index contributed by atoms with van der Waals surface area (Å²) in [5.74, 6) is -1.97. The summed E-state index contributed by atoms with van der Waals surface area (Å²) in [7, 11) is 0. The average molecular weight is 441 g/mol. The predicted molar refractivity (Wildman–Crippen MR) is 109 cm³/mol. The lowest BCUT2D eigenvalue weighted by Gasteiger charge is -2.38. The fourth-order valence-corrected chi connectivity index (χ4v) is 3.58. The molecule has 10 heteroatoms. The third-order valence-corrected chi connectivity index (χ3v) is 5.39. The van der Waals surface area contributed by atoms with Crippen LogP contribution in [0.2, 0.25) is 0 Å². The molecule has 1 aliphatic rings. The maximum Gasteiger partial charge on any atom is 0.335 e. The number of carboxylic acids is 2. The summed E-state index contributed by atoms with van der Waals surface area (Å²) in [6.45, 7) is 5.60. The van der Waals surface area contributed by atoms with Gasteiger partial charge in [-0.1, -0.05) is 19.1 Å². The predicted octanol–water partition coefficient (Wildman–Crippen LogP) is 0.0753. The van der Waals surface area contributed by atoms with Crippen molar-refractivity contribution < 1.29 is 44.6 Å². The topological polar surface area (TPSA) is 157 Å². The summed E-state index contributed by atoms with van der Waals surface area (Å²) >= 11 is 0. The number of carbonyl (C=O) groups is 2. The standard InChI is InChI=1S/C21H31NO9/c1-3-22(10-4-5-15(23)24)12(2)11-13-6-8-14(9-7-13)30-21-18(27)16(25)17(26)19(31-21)20(28)29/h6-9,12,16-19,21,25-27H,3-5,10-11H2,1-2H3,(H,23,24)(H,28,29)/t12-,16+,17+,18-,19+,21-/m1/s1. The summed E-state index contributed by atoms with van der Waals surface area (Å²) in [6.07, 6.45) is -6.82. The second kappa shape index (κ2) is 11.4. The number of rotatable bonds is 11. The number of likely N-dealkylation sites (N-methyl/N-ethyl adjacent to an activating group) is 1. The number of aliphatic hydroxyl groups excluding tert-OH is 3. The lowest BCUT2D eigenvalue weighted by Crippen LogP contribution is -2.61. The number of nitrogens with zero attached hydrogens (tertiary/aromatic N) is 1. The molecule has 2 rings (SSSR count). The maximum atomic E-state index is 11.2. The molecule has 1 aromatic carbocycles. The third kappa shape index (κ3) is 6.88. The van der Waals surface area contributed by atoms with E-state index in [2.05, 4.69) is 11.8 Å². The molecule has 174 valence electrons. The highest BCUT2D eigenvalue weighted by molar-refractivity contribution is 5.73. The van der Waals surface area contributed by atoms with Gasteiger partial charge in [-0.15, -0.1) is 0 Å². The van der Waals surface area contributed by atoms with Gasteiger partial charge in [-0.2, -0.15) is 0 Å². The van der Waals surface area contributed by atoms with E-state index in [1.54, 1.807) is 12.1 Å². The molecule has 1 aliphatic heterocycles. The molecule has 1 aromatic rings. The van der Waals surface area contributed by atoms with Crippen molar-refractivity contribution in [3.05, 3.63) is 29.8 Å². The molecular weight excluding hydrogens is 410 g/mol. The Kier molecular flexibility index (Phi) is 9.20. The van der Waals surface area contributed by atoms with Crippen LogP contribution < -0.4 is 4.74 Å². The molecule has 1 fully saturated rings. The van der Waals surface area contributed by atoms with Crippen molar-refractivity contribution in [3.63, 3.8) is 0 Å². The lowest BCUT2D eigenvalue weighted by atomic mass is 9.99. The van der Waals surface area contributed by atoms with Crippen molar-refractivity contribution >= 4 is 11.9 Å². The first kappa shape index (κ1) is 25.0. The molecular formula is C21H31NO9. The van der Waals surface area contributed by atoms with Crippen molar-refractivity contribution in [2.45, 2.75) is 69.9 Å². The van der Waals surface area contributed by atoms with Gasteiger partial charge in [-0.25, -0.2) is 4.79 Å². The number of carboxylic acid groups (broad SMARTS) is 2. The Morgan fingerprint density at radius 2 is 1.74 bits per heavy atom. The number of aliphatic carboxylic acids is 2. The van der Waals surface area contributed by atoms with Crippen molar-refractivity contribution in [3.8, 4) is 5.75 Å². The van der Waals surface area contributed by atoms with Gasteiger partial charge in [-0.3, -0.25) is 4.79 Å². The molecule has 5 N–H and O–H groups in total. The molecule has 0 radical (unpaired) electrons. The van der Waals surface area contributed by atoms with E-state index in [0.29, 0.717) is 18.7 Å². The van der Waals surface area contributed by atoms with Crippen LogP contribution in [0.5, 0.6) is 5.75 Å². The number of benzene rings is 1. The third-order valence-electron chi connectivity index (χ3n) is 5.39. The normalized spacial score (nSPS) is 27.1. The van der Waals surface area contributed by atoms with E-state index in [1.165, 1.54) is 0 Å². The van der Waals surface area contributed by atoms with Crippen LogP contribution in [-0.4, -0.2) is 92.2 Å². The van der Waals surface area contributed by atoms with Gasteiger partial charge in [0.15, 0.2) is 6.10 Å². The fraction of sp³-hybridized carbons (Fsp3) is 0.619. The van der Waals surface area contributed by atoms with Gasteiger partial charge in [-0.05, 0) is 50.6 Å². The average Bonchev–Trinajstić information content (AvgIpc) is 2.72. The first-order valence-corrected chi connectivity index (χ1v) is 10.3. The van der Waals surface area contributed by atoms with Gasteiger partial charge >= 0.3 is 11.9 Å². The zero-order chi connectivity index (χ0) is 23.1. The van der Waals surface area contributed by atoms with Crippen molar-refractivity contribution in [1.29, 1.82) is 0 Å². The van der Waals surface area contributed by atoms with E-state index >= 15 is 0 Å². The summed E-state index contributed by atoms with van der Waals surface area (Å²) in [6, 6.07) is 7.14. The molecule has 1 saturated heterocycles. The smallest absolute Gasteiger partial charge is 0.335 e. The van der Waals surface area contributed by atoms with Crippen LogP contribution in [0.1, 0.15) is 32.3 Å². The van der Waals surface area contributed by atoms with Crippen molar-refractivity contribution in [2.75, 3.05) is 13.1 Å². The molecule has 0 unspecified atom stereocenters. The van der Waals surface area contributed by atoms with Gasteiger partial charge in [0.25, 0.3) is 0 Å². The summed E-state index contributed by atoms with van der Waals surface area (Å²) in [5, 5.41) is 47.5. The zero-order valence-corrected chi connectivity index (χ0v) is 17.6. The number of aliphatic hydroxyl groups is 3. The van der Waals surface area contributed by atoms with Crippen LogP contribution in [0.4, 0.5) is 0 Å². The molecule has 0 amide bonds. The SMILES string of the molecule is CCN(CCCC(=O)O)[C@H](C)Cc1ccc(O[C@@H]2O[C@H](C(=O)O)[C@@H](O)[C@H](O)[C@H]2O)cc1. The monoisotopic (exact) mass is 441 g/mol. The minimum Gasteiger partial charge on any atom is -0.481 e. The van der Waals surface area contributed by atoms with Gasteiger partial charge in [0, 0.05) is 12.5 Å². The van der Waals surface area contributed by atoms with Crippen LogP contribution in [0, 0.1) is 0 Å². The largest absolute Gasteiger partial charge is 0.481 e. The highest BCUT2D eigenvalue weighted by atomic mass is 16.7. The van der Waals surface area contributed by atoms with Gasteiger partial charge in [0.1, 0.15) is 24.1 Å². The molecule has 0 spiro atoms. The molecule has 31 heavy (non-hydrogen) atoms. The number of hydrogen-bond donors (Lipinski definition) is 5. The highest BCUT2D eigenvalue weighted by Crippen LogP contribution is 2.25. The Bertz CT molecular complexity index is 726. The molecule has 0 bridgehead atoms. The molecule has 1 heterocycles. The highest BCUT2D eigenvalue weighted by Gasteiger charge is 2.48. The minimum absolute atomic E-state index is 0.138. The molecule has 10 nitrogen and oxygen atoms in total. The van der Waals surface area contributed by atoms with E-state index in [1.807, 2.05) is 19.1 Å². The Morgan fingerprint density at radius 1 is 1.10 bits per heavy atom. The molecule has 0 aromatic heterocycles. The lowest BCUT2D eigenvalue weighted by molar-refractivity contribution is -0.271. The van der Waals surface area contributed by atoms with E-state index in [4.69, 9.17) is 19.7 Å². The molecule has 6 atom stereocenters. The second-order valence-corrected chi connectivity index (χ2v) is 7.68. The van der Waals surface area contributed by atoms with Crippen LogP contribution in [-0.2, 0) is 20.7 Å². The first-order chi connectivity index (χ1) is 14.6. The zero-order valence-electron chi connectivity index (χ0n) is 17.6. The van der Waals surface area contributed by atoms with Crippen LogP contribution in [0.25, 0.3) is 0 Å². The minimum atomic E-state index is -1.77. The summed E-state index contributed by atoms with van der Waals surface area (Å²) < 4.78 is 10.6. The van der Waals surface area contributed by atoms with Crippen LogP contribution in [0.15, 0.2) is 24.3 Å². The Labute approximate surface area is 180 Å².